The summed E-state index contributed by atoms with van der Waals surface area (Å²) in [6.45, 7) is 0. The highest BCUT2D eigenvalue weighted by Gasteiger charge is 2.52. The molecule has 1 aliphatic carbocycles. The van der Waals surface area contributed by atoms with E-state index in [2.05, 4.69) is 25.8 Å². The van der Waals surface area contributed by atoms with Crippen LogP contribution < -0.4 is 10.7 Å². The van der Waals surface area contributed by atoms with E-state index in [9.17, 15) is 14.4 Å². The number of rotatable bonds is 5. The molecule has 0 bridgehead atoms. The number of nitrogens with one attached hydrogen (secondary N) is 2. The number of benzene rings is 1. The molecule has 1 saturated carbocycles. The van der Waals surface area contributed by atoms with Crippen LogP contribution in [-0.2, 0) is 9.59 Å². The Labute approximate surface area is 187 Å². The maximum atomic E-state index is 12.8. The van der Waals surface area contributed by atoms with Gasteiger partial charge in [-0.05, 0) is 25.0 Å². The van der Waals surface area contributed by atoms with Crippen LogP contribution >= 0.6 is 11.8 Å². The molecule has 0 radical (unpaired) electrons. The fourth-order valence-corrected chi connectivity index (χ4v) is 4.96. The number of amides is 4. The standard InChI is InChI=1S/C21H21N7O3S/c29-16(26-28-19(30)21(25-20(28)31)9-5-2-6-10-21)12-32-18-15-11-24-27(17(15)22-13-23-18)14-7-3-1-4-8-14/h1,3-4,7-8,11,13H,2,5-6,9-10,12H2,(H,25,31)(H,26,29). The van der Waals surface area contributed by atoms with E-state index in [4.69, 9.17) is 0 Å². The Morgan fingerprint density at radius 3 is 2.69 bits per heavy atom. The monoisotopic (exact) mass is 451 g/mol. The van der Waals surface area contributed by atoms with Crippen molar-refractivity contribution < 1.29 is 14.4 Å². The summed E-state index contributed by atoms with van der Waals surface area (Å²) >= 11 is 1.19. The largest absolute Gasteiger partial charge is 0.344 e. The number of hydrogen-bond acceptors (Lipinski definition) is 7. The van der Waals surface area contributed by atoms with E-state index in [0.717, 1.165) is 30.0 Å². The van der Waals surface area contributed by atoms with Gasteiger partial charge in [-0.1, -0.05) is 49.2 Å². The molecule has 1 spiro atoms. The summed E-state index contributed by atoms with van der Waals surface area (Å²) in [5.74, 6) is -0.866. The molecule has 0 unspecified atom stereocenters. The van der Waals surface area contributed by atoms with Gasteiger partial charge in [0.15, 0.2) is 5.65 Å². The van der Waals surface area contributed by atoms with Crippen LogP contribution in [0.4, 0.5) is 4.79 Å². The molecule has 32 heavy (non-hydrogen) atoms. The number of thioether (sulfide) groups is 1. The molecule has 10 nitrogen and oxygen atoms in total. The molecule has 2 aliphatic rings. The molecule has 3 aromatic rings. The average Bonchev–Trinajstić information content (AvgIpc) is 3.34. The predicted octanol–water partition coefficient (Wildman–Crippen LogP) is 2.19. The lowest BCUT2D eigenvalue weighted by molar-refractivity contribution is -0.139. The van der Waals surface area contributed by atoms with Crippen LogP contribution in [0.1, 0.15) is 32.1 Å². The molecule has 0 atom stereocenters. The molecular formula is C21H21N7O3S. The Morgan fingerprint density at radius 2 is 1.91 bits per heavy atom. The van der Waals surface area contributed by atoms with Crippen molar-refractivity contribution in [1.29, 1.82) is 0 Å². The number of urea groups is 1. The van der Waals surface area contributed by atoms with E-state index in [1.807, 2.05) is 30.3 Å². The second-order valence-electron chi connectivity index (χ2n) is 7.85. The lowest BCUT2D eigenvalue weighted by atomic mass is 9.82. The zero-order valence-corrected chi connectivity index (χ0v) is 18.0. The van der Waals surface area contributed by atoms with E-state index >= 15 is 0 Å². The van der Waals surface area contributed by atoms with Gasteiger partial charge in [0, 0.05) is 0 Å². The topological polar surface area (TPSA) is 122 Å². The van der Waals surface area contributed by atoms with Crippen LogP contribution in [0.15, 0.2) is 47.9 Å². The first-order valence-corrected chi connectivity index (χ1v) is 11.4. The van der Waals surface area contributed by atoms with Gasteiger partial charge in [-0.25, -0.2) is 19.4 Å². The molecule has 3 heterocycles. The number of hydrogen-bond donors (Lipinski definition) is 2. The Kier molecular flexibility index (Phi) is 5.25. The minimum atomic E-state index is -0.874. The van der Waals surface area contributed by atoms with Gasteiger partial charge in [0.2, 0.25) is 5.91 Å². The third kappa shape index (κ3) is 3.58. The fourth-order valence-electron chi connectivity index (χ4n) is 4.20. The van der Waals surface area contributed by atoms with Crippen LogP contribution in [0, 0.1) is 0 Å². The maximum absolute atomic E-state index is 12.8. The molecule has 1 aromatic carbocycles. The third-order valence-electron chi connectivity index (χ3n) is 5.78. The lowest BCUT2D eigenvalue weighted by Crippen LogP contribution is -2.51. The van der Waals surface area contributed by atoms with Crippen LogP contribution in [-0.4, -0.2) is 53.9 Å². The van der Waals surface area contributed by atoms with Crippen LogP contribution in [0.2, 0.25) is 0 Å². The average molecular weight is 452 g/mol. The summed E-state index contributed by atoms with van der Waals surface area (Å²) < 4.78 is 1.71. The summed E-state index contributed by atoms with van der Waals surface area (Å²) in [4.78, 5) is 46.3. The van der Waals surface area contributed by atoms with Crippen molar-refractivity contribution in [3.63, 3.8) is 0 Å². The molecule has 164 valence electrons. The highest BCUT2D eigenvalue weighted by atomic mass is 32.2. The first-order chi connectivity index (χ1) is 15.6. The van der Waals surface area contributed by atoms with E-state index in [0.29, 0.717) is 28.9 Å². The van der Waals surface area contributed by atoms with Crippen LogP contribution in [0.25, 0.3) is 16.7 Å². The molecular weight excluding hydrogens is 430 g/mol. The van der Waals surface area contributed by atoms with Crippen LogP contribution in [0.3, 0.4) is 0 Å². The number of imide groups is 1. The second kappa shape index (κ2) is 8.23. The minimum Gasteiger partial charge on any atom is -0.322 e. The predicted molar refractivity (Wildman–Crippen MR) is 117 cm³/mol. The first-order valence-electron chi connectivity index (χ1n) is 10.4. The van der Waals surface area contributed by atoms with Crippen molar-refractivity contribution in [1.82, 2.24) is 35.5 Å². The molecule has 2 fully saturated rings. The molecule has 2 aromatic heterocycles. The molecule has 4 amide bonds. The Balaban J connectivity index is 1.27. The van der Waals surface area contributed by atoms with Gasteiger partial charge in [0.1, 0.15) is 16.9 Å². The van der Waals surface area contributed by atoms with E-state index in [1.165, 1.54) is 18.1 Å². The van der Waals surface area contributed by atoms with E-state index in [-0.39, 0.29) is 11.7 Å². The van der Waals surface area contributed by atoms with Gasteiger partial charge in [0.25, 0.3) is 5.91 Å². The zero-order chi connectivity index (χ0) is 22.1. The van der Waals surface area contributed by atoms with Crippen molar-refractivity contribution in [2.75, 3.05) is 5.75 Å². The summed E-state index contributed by atoms with van der Waals surface area (Å²) in [6, 6.07) is 9.02. The van der Waals surface area contributed by atoms with E-state index < -0.39 is 17.5 Å². The van der Waals surface area contributed by atoms with Gasteiger partial charge in [-0.3, -0.25) is 15.0 Å². The van der Waals surface area contributed by atoms with Gasteiger partial charge in [-0.15, -0.1) is 0 Å². The minimum absolute atomic E-state index is 0.0211. The normalized spacial score (nSPS) is 17.7. The SMILES string of the molecule is O=C(CSc1ncnc2c1cnn2-c1ccccc1)NN1C(=O)NC2(CCCCC2)C1=O. The molecule has 11 heteroatoms. The Morgan fingerprint density at radius 1 is 1.12 bits per heavy atom. The lowest BCUT2D eigenvalue weighted by Gasteiger charge is -2.30. The number of fused-ring (bicyclic) bond motifs is 1. The van der Waals surface area contributed by atoms with Crippen molar-refractivity contribution >= 4 is 40.6 Å². The molecule has 5 rings (SSSR count). The Hall–Kier alpha value is -3.47. The number of aromatic nitrogens is 4. The van der Waals surface area contributed by atoms with E-state index in [1.54, 1.807) is 10.9 Å². The first kappa shape index (κ1) is 20.4. The quantitative estimate of drug-likeness (QED) is 0.346. The fraction of sp³-hybridized carbons (Fsp3) is 0.333. The summed E-state index contributed by atoms with van der Waals surface area (Å²) in [5.41, 5.74) is 3.07. The third-order valence-corrected chi connectivity index (χ3v) is 6.78. The summed E-state index contributed by atoms with van der Waals surface area (Å²) in [6.07, 6.45) is 7.09. The van der Waals surface area contributed by atoms with Gasteiger partial charge < -0.3 is 5.32 Å². The van der Waals surface area contributed by atoms with Gasteiger partial charge in [0.05, 0.1) is 23.0 Å². The summed E-state index contributed by atoms with van der Waals surface area (Å²) in [7, 11) is 0. The molecule has 1 aliphatic heterocycles. The van der Waals surface area contributed by atoms with Crippen LogP contribution in [0.5, 0.6) is 0 Å². The van der Waals surface area contributed by atoms with Gasteiger partial charge >= 0.3 is 6.03 Å². The highest BCUT2D eigenvalue weighted by molar-refractivity contribution is 8.00. The number of hydrazine groups is 1. The second-order valence-corrected chi connectivity index (χ2v) is 8.81. The number of carbonyl (C=O) groups excluding carboxylic acids is 3. The maximum Gasteiger partial charge on any atom is 0.344 e. The smallest absolute Gasteiger partial charge is 0.322 e. The number of nitrogens with zero attached hydrogens (tertiary/aromatic N) is 5. The van der Waals surface area contributed by atoms with Crippen molar-refractivity contribution in [3.05, 3.63) is 42.9 Å². The number of carbonyl (C=O) groups is 3. The number of para-hydroxylation sites is 1. The van der Waals surface area contributed by atoms with Gasteiger partial charge in [-0.2, -0.15) is 10.1 Å². The highest BCUT2D eigenvalue weighted by Crippen LogP contribution is 2.33. The van der Waals surface area contributed by atoms with Crippen molar-refractivity contribution in [2.45, 2.75) is 42.7 Å². The Bertz CT molecular complexity index is 1190. The molecule has 1 saturated heterocycles. The van der Waals surface area contributed by atoms with Crippen molar-refractivity contribution in [3.8, 4) is 5.69 Å². The molecule has 2 N–H and O–H groups in total. The van der Waals surface area contributed by atoms with Crippen molar-refractivity contribution in [2.24, 2.45) is 0 Å². The summed E-state index contributed by atoms with van der Waals surface area (Å²) in [5, 5.41) is 9.30. The zero-order valence-electron chi connectivity index (χ0n) is 17.2.